The van der Waals surface area contributed by atoms with Gasteiger partial charge in [-0.2, -0.15) is 0 Å². The second kappa shape index (κ2) is 8.62. The second-order valence-electron chi connectivity index (χ2n) is 6.39. The second-order valence-corrected chi connectivity index (χ2v) is 6.39. The summed E-state index contributed by atoms with van der Waals surface area (Å²) in [5.74, 6) is 1.58. The molecule has 0 aliphatic carbocycles. The van der Waals surface area contributed by atoms with Crippen molar-refractivity contribution in [1.29, 1.82) is 0 Å². The Hall–Kier alpha value is -1.95. The topological polar surface area (TPSA) is 75.1 Å². The summed E-state index contributed by atoms with van der Waals surface area (Å²) in [5, 5.41) is 16.3. The van der Waals surface area contributed by atoms with Gasteiger partial charge in [0.25, 0.3) is 0 Å². The average Bonchev–Trinajstić information content (AvgIpc) is 2.51. The average molecular weight is 323 g/mol. The number of hydrogen-bond acceptors (Lipinski definition) is 4. The van der Waals surface area contributed by atoms with E-state index in [4.69, 9.17) is 9.47 Å². The number of guanidine groups is 1. The van der Waals surface area contributed by atoms with Crippen LogP contribution in [0.4, 0.5) is 0 Å². The standard InChI is InChI=1S/C17H29N3O3/c1-17(2,3)15(23-6)11-20-16(18-4)19-10-12-9-13(22-5)7-8-14(12)21/h7-9,15,21H,10-11H2,1-6H3,(H2,18,19,20). The highest BCUT2D eigenvalue weighted by Gasteiger charge is 2.24. The molecule has 0 radical (unpaired) electrons. The van der Waals surface area contributed by atoms with E-state index in [-0.39, 0.29) is 17.3 Å². The summed E-state index contributed by atoms with van der Waals surface area (Å²) in [6.45, 7) is 7.48. The van der Waals surface area contributed by atoms with Gasteiger partial charge in [-0.3, -0.25) is 4.99 Å². The Labute approximate surface area is 138 Å². The third kappa shape index (κ3) is 5.98. The zero-order valence-electron chi connectivity index (χ0n) is 14.9. The highest BCUT2D eigenvalue weighted by atomic mass is 16.5. The summed E-state index contributed by atoms with van der Waals surface area (Å²) < 4.78 is 10.7. The molecule has 23 heavy (non-hydrogen) atoms. The van der Waals surface area contributed by atoms with Crippen LogP contribution in [0.25, 0.3) is 0 Å². The number of aliphatic imine (C=N–C) groups is 1. The number of phenols is 1. The molecule has 3 N–H and O–H groups in total. The number of methoxy groups -OCH3 is 2. The van der Waals surface area contributed by atoms with Crippen molar-refractivity contribution in [2.24, 2.45) is 10.4 Å². The van der Waals surface area contributed by atoms with E-state index >= 15 is 0 Å². The Balaban J connectivity index is 2.61. The molecule has 1 rings (SSSR count). The molecule has 0 heterocycles. The number of nitrogens with one attached hydrogen (secondary N) is 2. The maximum Gasteiger partial charge on any atom is 0.191 e. The molecule has 130 valence electrons. The van der Waals surface area contributed by atoms with Crippen LogP contribution in [0.2, 0.25) is 0 Å². The Morgan fingerprint density at radius 3 is 2.48 bits per heavy atom. The van der Waals surface area contributed by atoms with Crippen molar-refractivity contribution in [2.45, 2.75) is 33.4 Å². The van der Waals surface area contributed by atoms with Gasteiger partial charge in [0, 0.05) is 32.8 Å². The van der Waals surface area contributed by atoms with Gasteiger partial charge in [0.05, 0.1) is 13.2 Å². The van der Waals surface area contributed by atoms with Gasteiger partial charge in [0.2, 0.25) is 0 Å². The smallest absolute Gasteiger partial charge is 0.191 e. The summed E-state index contributed by atoms with van der Waals surface area (Å²) in [6.07, 6.45) is 0.0614. The molecule has 0 saturated carbocycles. The molecule has 1 atom stereocenters. The van der Waals surface area contributed by atoms with Gasteiger partial charge >= 0.3 is 0 Å². The number of hydrogen-bond donors (Lipinski definition) is 3. The first-order chi connectivity index (χ1) is 10.8. The lowest BCUT2D eigenvalue weighted by molar-refractivity contribution is 0.0205. The molecule has 1 unspecified atom stereocenters. The van der Waals surface area contributed by atoms with Crippen molar-refractivity contribution < 1.29 is 14.6 Å². The number of ether oxygens (including phenoxy) is 2. The molecule has 1 aromatic carbocycles. The van der Waals surface area contributed by atoms with Gasteiger partial charge in [-0.1, -0.05) is 20.8 Å². The minimum Gasteiger partial charge on any atom is -0.508 e. The largest absolute Gasteiger partial charge is 0.508 e. The summed E-state index contributed by atoms with van der Waals surface area (Å²) >= 11 is 0. The van der Waals surface area contributed by atoms with Crippen LogP contribution in [0.15, 0.2) is 23.2 Å². The first-order valence-corrected chi connectivity index (χ1v) is 7.65. The summed E-state index contributed by atoms with van der Waals surface area (Å²) in [7, 11) is 5.02. The van der Waals surface area contributed by atoms with E-state index < -0.39 is 0 Å². The summed E-state index contributed by atoms with van der Waals surface area (Å²) in [5.41, 5.74) is 0.775. The molecule has 6 heteroatoms. The monoisotopic (exact) mass is 323 g/mol. The van der Waals surface area contributed by atoms with E-state index in [1.54, 1.807) is 39.5 Å². The molecule has 0 amide bonds. The van der Waals surface area contributed by atoms with Crippen LogP contribution in [0.1, 0.15) is 26.3 Å². The molecule has 0 aliphatic rings. The fraction of sp³-hybridized carbons (Fsp3) is 0.588. The molecule has 1 aromatic rings. The number of nitrogens with zero attached hydrogens (tertiary/aromatic N) is 1. The Bertz CT molecular complexity index is 524. The normalized spacial score (nSPS) is 13.6. The summed E-state index contributed by atoms with van der Waals surface area (Å²) in [6, 6.07) is 5.13. The number of aromatic hydroxyl groups is 1. The fourth-order valence-corrected chi connectivity index (χ4v) is 2.16. The van der Waals surface area contributed by atoms with Crippen LogP contribution in [0.3, 0.4) is 0 Å². The third-order valence-electron chi connectivity index (χ3n) is 3.66. The van der Waals surface area contributed by atoms with Gasteiger partial charge in [-0.25, -0.2) is 0 Å². The molecular formula is C17H29N3O3. The van der Waals surface area contributed by atoms with Crippen LogP contribution in [0, 0.1) is 5.41 Å². The Morgan fingerprint density at radius 1 is 1.26 bits per heavy atom. The SMILES string of the molecule is CN=C(NCc1cc(OC)ccc1O)NCC(OC)C(C)(C)C. The van der Waals surface area contributed by atoms with Crippen molar-refractivity contribution in [2.75, 3.05) is 27.8 Å². The summed E-state index contributed by atoms with van der Waals surface area (Å²) in [4.78, 5) is 4.19. The number of rotatable bonds is 6. The number of phenolic OH excluding ortho intramolecular Hbond substituents is 1. The predicted molar refractivity (Wildman–Crippen MR) is 93.1 cm³/mol. The maximum absolute atomic E-state index is 9.90. The minimum absolute atomic E-state index is 0.0334. The van der Waals surface area contributed by atoms with Crippen molar-refractivity contribution in [3.05, 3.63) is 23.8 Å². The fourth-order valence-electron chi connectivity index (χ4n) is 2.16. The first kappa shape index (κ1) is 19.1. The third-order valence-corrected chi connectivity index (χ3v) is 3.66. The van der Waals surface area contributed by atoms with Crippen LogP contribution in [-0.4, -0.2) is 45.0 Å². The molecular weight excluding hydrogens is 294 g/mol. The molecule has 0 aliphatic heterocycles. The Morgan fingerprint density at radius 2 is 1.96 bits per heavy atom. The van der Waals surface area contributed by atoms with E-state index in [1.165, 1.54) is 0 Å². The molecule has 0 aromatic heterocycles. The highest BCUT2D eigenvalue weighted by molar-refractivity contribution is 5.79. The maximum atomic E-state index is 9.90. The zero-order valence-corrected chi connectivity index (χ0v) is 14.9. The molecule has 6 nitrogen and oxygen atoms in total. The lowest BCUT2D eigenvalue weighted by atomic mass is 9.89. The van der Waals surface area contributed by atoms with Crippen molar-refractivity contribution in [3.8, 4) is 11.5 Å². The first-order valence-electron chi connectivity index (χ1n) is 7.65. The van der Waals surface area contributed by atoms with Crippen LogP contribution in [0.5, 0.6) is 11.5 Å². The lowest BCUT2D eigenvalue weighted by Gasteiger charge is -2.30. The highest BCUT2D eigenvalue weighted by Crippen LogP contribution is 2.23. The zero-order chi connectivity index (χ0) is 17.5. The van der Waals surface area contributed by atoms with E-state index in [1.807, 2.05) is 0 Å². The van der Waals surface area contributed by atoms with Crippen LogP contribution < -0.4 is 15.4 Å². The van der Waals surface area contributed by atoms with Gasteiger partial charge in [0.1, 0.15) is 11.5 Å². The van der Waals surface area contributed by atoms with Crippen molar-refractivity contribution >= 4 is 5.96 Å². The molecule has 0 spiro atoms. The van der Waals surface area contributed by atoms with E-state index in [9.17, 15) is 5.11 Å². The van der Waals surface area contributed by atoms with Gasteiger partial charge in [-0.05, 0) is 23.6 Å². The predicted octanol–water partition coefficient (Wildman–Crippen LogP) is 2.13. The molecule has 0 saturated heterocycles. The lowest BCUT2D eigenvalue weighted by Crippen LogP contribution is -2.45. The molecule has 0 bridgehead atoms. The quantitative estimate of drug-likeness (QED) is 0.552. The van der Waals surface area contributed by atoms with Gasteiger partial charge < -0.3 is 25.2 Å². The van der Waals surface area contributed by atoms with Crippen molar-refractivity contribution in [1.82, 2.24) is 10.6 Å². The minimum atomic E-state index is 0.0334. The van der Waals surface area contributed by atoms with Crippen LogP contribution >= 0.6 is 0 Å². The van der Waals surface area contributed by atoms with Crippen LogP contribution in [-0.2, 0) is 11.3 Å². The van der Waals surface area contributed by atoms with Gasteiger partial charge in [0.15, 0.2) is 5.96 Å². The van der Waals surface area contributed by atoms with Gasteiger partial charge in [-0.15, -0.1) is 0 Å². The van der Waals surface area contributed by atoms with Crippen molar-refractivity contribution in [3.63, 3.8) is 0 Å². The molecule has 0 fully saturated rings. The Kier molecular flexibility index (Phi) is 7.16. The van der Waals surface area contributed by atoms with E-state index in [0.29, 0.717) is 24.8 Å². The van der Waals surface area contributed by atoms with E-state index in [0.717, 1.165) is 5.56 Å². The van der Waals surface area contributed by atoms with E-state index in [2.05, 4.69) is 36.4 Å². The number of benzene rings is 1.